The topological polar surface area (TPSA) is 35.5 Å². The number of hydrogen-bond acceptors (Lipinski definition) is 3. The Morgan fingerprint density at radius 2 is 2.06 bits per heavy atom. The van der Waals surface area contributed by atoms with Crippen molar-refractivity contribution < 1.29 is 27.4 Å². The van der Waals surface area contributed by atoms with Crippen molar-refractivity contribution in [2.45, 2.75) is 13.3 Å². The van der Waals surface area contributed by atoms with E-state index in [0.29, 0.717) is 0 Å². The molecule has 0 amide bonds. The van der Waals surface area contributed by atoms with Crippen LogP contribution in [0, 0.1) is 0 Å². The number of hydrogen-bond donors (Lipinski definition) is 0. The minimum absolute atomic E-state index is 0.161. The Kier molecular flexibility index (Phi) is 4.22. The minimum atomic E-state index is -4.90. The molecule has 0 fully saturated rings. The lowest BCUT2D eigenvalue weighted by atomic mass is 10.2. The number of rotatable bonds is 4. The van der Waals surface area contributed by atoms with Crippen LogP contribution in [0.1, 0.15) is 17.3 Å². The van der Waals surface area contributed by atoms with Gasteiger partial charge in [-0.15, -0.1) is 13.2 Å². The molecule has 0 unspecified atom stereocenters. The molecule has 1 rings (SSSR count). The predicted octanol–water partition coefficient (Wildman–Crippen LogP) is 3.36. The van der Waals surface area contributed by atoms with Crippen LogP contribution in [0.15, 0.2) is 18.2 Å². The molecule has 0 atom stereocenters. The molecule has 0 saturated heterocycles. The maximum atomic E-state index is 12.1. The Morgan fingerprint density at radius 1 is 1.41 bits per heavy atom. The molecule has 0 aliphatic heterocycles. The lowest BCUT2D eigenvalue weighted by molar-refractivity contribution is -0.274. The smallest absolute Gasteiger partial charge is 0.494 e. The second kappa shape index (κ2) is 5.27. The van der Waals surface area contributed by atoms with E-state index in [1.165, 1.54) is 6.07 Å². The minimum Gasteiger partial charge on any atom is -0.494 e. The molecule has 0 bridgehead atoms. The van der Waals surface area contributed by atoms with E-state index in [9.17, 15) is 18.0 Å². The maximum absolute atomic E-state index is 12.1. The predicted molar refractivity (Wildman–Crippen MR) is 54.5 cm³/mol. The van der Waals surface area contributed by atoms with Gasteiger partial charge in [0.1, 0.15) is 11.5 Å². The molecule has 3 nitrogen and oxygen atoms in total. The lowest BCUT2D eigenvalue weighted by Gasteiger charge is -2.12. The maximum Gasteiger partial charge on any atom is 0.573 e. The molecule has 7 heteroatoms. The molecule has 0 heterocycles. The van der Waals surface area contributed by atoms with Gasteiger partial charge in [-0.1, -0.05) is 0 Å². The summed E-state index contributed by atoms with van der Waals surface area (Å²) < 4.78 is 44.9. The van der Waals surface area contributed by atoms with E-state index in [4.69, 9.17) is 16.3 Å². The van der Waals surface area contributed by atoms with E-state index in [1.54, 1.807) is 6.92 Å². The van der Waals surface area contributed by atoms with Crippen LogP contribution in [0.25, 0.3) is 0 Å². The molecule has 0 aromatic heterocycles. The first kappa shape index (κ1) is 13.6. The standard InChI is InChI=1S/C10H8ClF3O3/c1-2-16-6-3-4-7(9(11)15)8(5-6)17-10(12,13)14/h3-5H,2H2,1H3. The molecule has 0 N–H and O–H groups in total. The first-order chi connectivity index (χ1) is 7.83. The molecule has 0 saturated carbocycles. The van der Waals surface area contributed by atoms with Crippen LogP contribution in [0.2, 0.25) is 0 Å². The normalized spacial score (nSPS) is 11.1. The summed E-state index contributed by atoms with van der Waals surface area (Å²) in [5.74, 6) is -0.517. The van der Waals surface area contributed by atoms with Crippen LogP contribution in [0.4, 0.5) is 13.2 Å². The molecular formula is C10H8ClF3O3. The SMILES string of the molecule is CCOc1ccc(C(=O)Cl)c(OC(F)(F)F)c1. The van der Waals surface area contributed by atoms with Crippen molar-refractivity contribution >= 4 is 16.8 Å². The van der Waals surface area contributed by atoms with Crippen LogP contribution < -0.4 is 9.47 Å². The molecule has 0 aliphatic carbocycles. The fourth-order valence-corrected chi connectivity index (χ4v) is 1.29. The number of alkyl halides is 3. The second-order valence-corrected chi connectivity index (χ2v) is 3.26. The number of halogens is 4. The molecule has 0 spiro atoms. The van der Waals surface area contributed by atoms with Crippen molar-refractivity contribution in [1.82, 2.24) is 0 Å². The van der Waals surface area contributed by atoms with E-state index in [1.807, 2.05) is 0 Å². The van der Waals surface area contributed by atoms with Gasteiger partial charge in [-0.05, 0) is 30.7 Å². The van der Waals surface area contributed by atoms with Crippen molar-refractivity contribution in [2.24, 2.45) is 0 Å². The average Bonchev–Trinajstić information content (AvgIpc) is 2.15. The summed E-state index contributed by atoms with van der Waals surface area (Å²) in [5.41, 5.74) is -0.368. The molecular weight excluding hydrogens is 261 g/mol. The highest BCUT2D eigenvalue weighted by atomic mass is 35.5. The Balaban J connectivity index is 3.11. The zero-order chi connectivity index (χ0) is 13.1. The Hall–Kier alpha value is -1.43. The number of benzene rings is 1. The molecule has 17 heavy (non-hydrogen) atoms. The third kappa shape index (κ3) is 4.14. The van der Waals surface area contributed by atoms with Crippen molar-refractivity contribution in [2.75, 3.05) is 6.61 Å². The summed E-state index contributed by atoms with van der Waals surface area (Å²) in [6.07, 6.45) is -4.90. The largest absolute Gasteiger partial charge is 0.573 e. The summed E-state index contributed by atoms with van der Waals surface area (Å²) in [7, 11) is 0. The van der Waals surface area contributed by atoms with Gasteiger partial charge in [0.05, 0.1) is 12.2 Å². The highest BCUT2D eigenvalue weighted by Gasteiger charge is 2.33. The van der Waals surface area contributed by atoms with Crippen molar-refractivity contribution in [3.63, 3.8) is 0 Å². The second-order valence-electron chi connectivity index (χ2n) is 2.91. The van der Waals surface area contributed by atoms with Crippen molar-refractivity contribution in [1.29, 1.82) is 0 Å². The summed E-state index contributed by atoms with van der Waals surface area (Å²) in [4.78, 5) is 10.9. The van der Waals surface area contributed by atoms with Gasteiger partial charge in [-0.3, -0.25) is 4.79 Å². The molecule has 1 aromatic rings. The molecule has 94 valence electrons. The van der Waals surface area contributed by atoms with Crippen molar-refractivity contribution in [3.8, 4) is 11.5 Å². The number of ether oxygens (including phenoxy) is 2. The van der Waals surface area contributed by atoms with Gasteiger partial charge in [0.15, 0.2) is 0 Å². The zero-order valence-electron chi connectivity index (χ0n) is 8.68. The molecule has 1 aromatic carbocycles. The van der Waals surface area contributed by atoms with Gasteiger partial charge in [-0.2, -0.15) is 0 Å². The fraction of sp³-hybridized carbons (Fsp3) is 0.300. The number of carbonyl (C=O) groups is 1. The summed E-state index contributed by atoms with van der Waals surface area (Å²) in [5, 5.41) is -1.03. The Labute approximate surface area is 100 Å². The van der Waals surface area contributed by atoms with Gasteiger partial charge < -0.3 is 9.47 Å². The van der Waals surface area contributed by atoms with Gasteiger partial charge in [0.25, 0.3) is 5.24 Å². The van der Waals surface area contributed by atoms with Crippen molar-refractivity contribution in [3.05, 3.63) is 23.8 Å². The molecule has 0 radical (unpaired) electrons. The Morgan fingerprint density at radius 3 is 2.53 bits per heavy atom. The van der Waals surface area contributed by atoms with E-state index < -0.39 is 17.4 Å². The summed E-state index contributed by atoms with van der Waals surface area (Å²) in [6.45, 7) is 1.95. The number of carbonyl (C=O) groups excluding carboxylic acids is 1. The van der Waals surface area contributed by atoms with Gasteiger partial charge in [-0.25, -0.2) is 0 Å². The van der Waals surface area contributed by atoms with Crippen LogP contribution in [-0.4, -0.2) is 18.2 Å². The van der Waals surface area contributed by atoms with E-state index in [2.05, 4.69) is 4.74 Å². The fourth-order valence-electron chi connectivity index (χ4n) is 1.13. The monoisotopic (exact) mass is 268 g/mol. The highest BCUT2D eigenvalue weighted by Crippen LogP contribution is 2.31. The lowest BCUT2D eigenvalue weighted by Crippen LogP contribution is -2.18. The first-order valence-electron chi connectivity index (χ1n) is 4.56. The Bertz CT molecular complexity index is 418. The van der Waals surface area contributed by atoms with Gasteiger partial charge in [0.2, 0.25) is 0 Å². The quantitative estimate of drug-likeness (QED) is 0.786. The van der Waals surface area contributed by atoms with E-state index in [0.717, 1.165) is 12.1 Å². The van der Waals surface area contributed by atoms with Crippen LogP contribution >= 0.6 is 11.6 Å². The van der Waals surface area contributed by atoms with Gasteiger partial charge >= 0.3 is 6.36 Å². The van der Waals surface area contributed by atoms with E-state index in [-0.39, 0.29) is 17.9 Å². The highest BCUT2D eigenvalue weighted by molar-refractivity contribution is 6.68. The van der Waals surface area contributed by atoms with Crippen LogP contribution in [0.3, 0.4) is 0 Å². The summed E-state index contributed by atoms with van der Waals surface area (Å²) in [6, 6.07) is 3.41. The average molecular weight is 269 g/mol. The zero-order valence-corrected chi connectivity index (χ0v) is 9.43. The van der Waals surface area contributed by atoms with E-state index >= 15 is 0 Å². The third-order valence-corrected chi connectivity index (χ3v) is 1.91. The van der Waals surface area contributed by atoms with Crippen LogP contribution in [0.5, 0.6) is 11.5 Å². The third-order valence-electron chi connectivity index (χ3n) is 1.70. The van der Waals surface area contributed by atoms with Crippen LogP contribution in [-0.2, 0) is 0 Å². The summed E-state index contributed by atoms with van der Waals surface area (Å²) >= 11 is 5.14. The first-order valence-corrected chi connectivity index (χ1v) is 4.93. The van der Waals surface area contributed by atoms with Gasteiger partial charge in [0, 0.05) is 6.07 Å². The molecule has 0 aliphatic rings.